The molecular weight excluding hydrogens is 295 g/mol. The second-order valence-corrected chi connectivity index (χ2v) is 5.95. The van der Waals surface area contributed by atoms with E-state index in [1.54, 1.807) is 23.5 Å². The van der Waals surface area contributed by atoms with Gasteiger partial charge in [-0.3, -0.25) is 0 Å². The fourth-order valence-electron chi connectivity index (χ4n) is 1.96. The van der Waals surface area contributed by atoms with Crippen LogP contribution in [0.1, 0.15) is 10.6 Å². The maximum Gasteiger partial charge on any atom is 0.141 e. The molecule has 20 heavy (non-hydrogen) atoms. The number of nitrogens with zero attached hydrogens (tertiary/aromatic N) is 1. The Balaban J connectivity index is 1.63. The Morgan fingerprint density at radius 1 is 1.15 bits per heavy atom. The molecule has 0 spiro atoms. The van der Waals surface area contributed by atoms with E-state index < -0.39 is 0 Å². The van der Waals surface area contributed by atoms with Gasteiger partial charge in [0, 0.05) is 13.1 Å². The van der Waals surface area contributed by atoms with Crippen molar-refractivity contribution in [3.8, 4) is 0 Å². The van der Waals surface area contributed by atoms with E-state index in [1.807, 2.05) is 18.2 Å². The van der Waals surface area contributed by atoms with Crippen molar-refractivity contribution in [1.29, 1.82) is 0 Å². The first-order valence-corrected chi connectivity index (χ1v) is 7.41. The second kappa shape index (κ2) is 5.87. The third-order valence-corrected chi connectivity index (χ3v) is 4.25. The topological polar surface area (TPSA) is 24.9 Å². The van der Waals surface area contributed by atoms with Crippen molar-refractivity contribution in [1.82, 2.24) is 10.3 Å². The smallest absolute Gasteiger partial charge is 0.141 e. The highest BCUT2D eigenvalue weighted by Gasteiger charge is 2.04. The van der Waals surface area contributed by atoms with Crippen LogP contribution in [0.3, 0.4) is 0 Å². The largest absolute Gasteiger partial charge is 0.306 e. The molecule has 2 nitrogen and oxygen atoms in total. The molecule has 0 bridgehead atoms. The maximum absolute atomic E-state index is 13.0. The van der Waals surface area contributed by atoms with Crippen molar-refractivity contribution >= 4 is 33.2 Å². The summed E-state index contributed by atoms with van der Waals surface area (Å²) in [4.78, 5) is 4.55. The highest BCUT2D eigenvalue weighted by molar-refractivity contribution is 7.18. The third-order valence-electron chi connectivity index (χ3n) is 2.93. The molecule has 3 aromatic rings. The summed E-state index contributed by atoms with van der Waals surface area (Å²) < 4.78 is 14.2. The van der Waals surface area contributed by atoms with Crippen molar-refractivity contribution in [3.63, 3.8) is 0 Å². The second-order valence-electron chi connectivity index (χ2n) is 4.43. The highest BCUT2D eigenvalue weighted by Crippen LogP contribution is 2.21. The minimum absolute atomic E-state index is 0.157. The van der Waals surface area contributed by atoms with Crippen molar-refractivity contribution in [2.24, 2.45) is 0 Å². The van der Waals surface area contributed by atoms with Crippen LogP contribution in [-0.2, 0) is 13.1 Å². The van der Waals surface area contributed by atoms with Gasteiger partial charge in [-0.15, -0.1) is 11.3 Å². The van der Waals surface area contributed by atoms with Crippen LogP contribution in [0.15, 0.2) is 42.5 Å². The normalized spacial score (nSPS) is 11.1. The van der Waals surface area contributed by atoms with Gasteiger partial charge >= 0.3 is 0 Å². The maximum atomic E-state index is 13.0. The number of halogens is 2. The number of benzene rings is 2. The average Bonchev–Trinajstić information content (AvgIpc) is 2.85. The standard InChI is InChI=1S/C15H12ClFN2S/c16-11-7-10(5-6-12(11)17)8-18-9-15-19-13-3-1-2-4-14(13)20-15/h1-7,18H,8-9H2. The van der Waals surface area contributed by atoms with Crippen molar-refractivity contribution in [3.05, 3.63) is 63.9 Å². The zero-order valence-corrected chi connectivity index (χ0v) is 12.1. The number of hydrogen-bond acceptors (Lipinski definition) is 3. The van der Waals surface area contributed by atoms with Crippen LogP contribution in [0, 0.1) is 5.82 Å². The van der Waals surface area contributed by atoms with Crippen LogP contribution in [0.5, 0.6) is 0 Å². The molecule has 1 aromatic heterocycles. The first kappa shape index (κ1) is 13.5. The summed E-state index contributed by atoms with van der Waals surface area (Å²) in [5.41, 5.74) is 1.98. The van der Waals surface area contributed by atoms with E-state index in [9.17, 15) is 4.39 Å². The predicted octanol–water partition coefficient (Wildman–Crippen LogP) is 4.38. The van der Waals surface area contributed by atoms with Gasteiger partial charge in [-0.25, -0.2) is 9.37 Å². The fraction of sp³-hybridized carbons (Fsp3) is 0.133. The zero-order valence-electron chi connectivity index (χ0n) is 10.6. The van der Waals surface area contributed by atoms with Gasteiger partial charge in [0.2, 0.25) is 0 Å². The fourth-order valence-corrected chi connectivity index (χ4v) is 3.10. The molecule has 1 heterocycles. The van der Waals surface area contributed by atoms with Gasteiger partial charge in [0.1, 0.15) is 10.8 Å². The molecular formula is C15H12ClFN2S. The molecule has 5 heteroatoms. The molecule has 0 aliphatic carbocycles. The van der Waals surface area contributed by atoms with Crippen molar-refractivity contribution in [2.75, 3.05) is 0 Å². The van der Waals surface area contributed by atoms with Crippen LogP contribution >= 0.6 is 22.9 Å². The lowest BCUT2D eigenvalue weighted by atomic mass is 10.2. The number of thiazole rings is 1. The van der Waals surface area contributed by atoms with Crippen LogP contribution in [0.25, 0.3) is 10.2 Å². The van der Waals surface area contributed by atoms with Crippen LogP contribution in [0.4, 0.5) is 4.39 Å². The average molecular weight is 307 g/mol. The molecule has 102 valence electrons. The van der Waals surface area contributed by atoms with Gasteiger partial charge in [0.25, 0.3) is 0 Å². The van der Waals surface area contributed by atoms with E-state index in [-0.39, 0.29) is 10.8 Å². The Hall–Kier alpha value is -1.49. The van der Waals surface area contributed by atoms with E-state index in [2.05, 4.69) is 16.4 Å². The van der Waals surface area contributed by atoms with Crippen LogP contribution in [-0.4, -0.2) is 4.98 Å². The number of hydrogen-bond donors (Lipinski definition) is 1. The molecule has 0 saturated carbocycles. The van der Waals surface area contributed by atoms with Crippen molar-refractivity contribution in [2.45, 2.75) is 13.1 Å². The summed E-state index contributed by atoms with van der Waals surface area (Å²) >= 11 is 7.43. The first-order valence-electron chi connectivity index (χ1n) is 6.21. The number of para-hydroxylation sites is 1. The molecule has 0 aliphatic heterocycles. The summed E-state index contributed by atoms with van der Waals surface area (Å²) in [6.45, 7) is 1.32. The van der Waals surface area contributed by atoms with Gasteiger partial charge in [-0.1, -0.05) is 29.8 Å². The van der Waals surface area contributed by atoms with Gasteiger partial charge < -0.3 is 5.32 Å². The molecule has 0 amide bonds. The summed E-state index contributed by atoms with van der Waals surface area (Å²) in [5, 5.41) is 4.49. The van der Waals surface area contributed by atoms with Crippen LogP contribution < -0.4 is 5.32 Å². The number of aromatic nitrogens is 1. The van der Waals surface area contributed by atoms with E-state index in [4.69, 9.17) is 11.6 Å². The predicted molar refractivity (Wildman–Crippen MR) is 81.6 cm³/mol. The Morgan fingerprint density at radius 3 is 2.80 bits per heavy atom. The van der Waals surface area contributed by atoms with Gasteiger partial charge in [0.05, 0.1) is 15.2 Å². The summed E-state index contributed by atoms with van der Waals surface area (Å²) in [6, 6.07) is 12.8. The number of nitrogens with one attached hydrogen (secondary N) is 1. The van der Waals surface area contributed by atoms with E-state index in [0.717, 1.165) is 16.1 Å². The Kier molecular flexibility index (Phi) is 3.96. The SMILES string of the molecule is Fc1ccc(CNCc2nc3ccccc3s2)cc1Cl. The van der Waals surface area contributed by atoms with E-state index in [1.165, 1.54) is 10.8 Å². The Morgan fingerprint density at radius 2 is 2.00 bits per heavy atom. The molecule has 3 rings (SSSR count). The Labute approximate surface area is 125 Å². The number of rotatable bonds is 4. The first-order chi connectivity index (χ1) is 9.72. The summed E-state index contributed by atoms with van der Waals surface area (Å²) in [6.07, 6.45) is 0. The van der Waals surface area contributed by atoms with Crippen molar-refractivity contribution < 1.29 is 4.39 Å². The molecule has 0 radical (unpaired) electrons. The van der Waals surface area contributed by atoms with E-state index >= 15 is 0 Å². The molecule has 0 atom stereocenters. The molecule has 0 fully saturated rings. The summed E-state index contributed by atoms with van der Waals surface area (Å²) in [5.74, 6) is -0.387. The lowest BCUT2D eigenvalue weighted by molar-refractivity contribution is 0.625. The Bertz CT molecular complexity index is 709. The third kappa shape index (κ3) is 2.98. The quantitative estimate of drug-likeness (QED) is 0.774. The molecule has 0 unspecified atom stereocenters. The monoisotopic (exact) mass is 306 g/mol. The van der Waals surface area contributed by atoms with Gasteiger partial charge in [-0.05, 0) is 29.8 Å². The molecule has 0 saturated heterocycles. The zero-order chi connectivity index (χ0) is 13.9. The van der Waals surface area contributed by atoms with Gasteiger partial charge in [-0.2, -0.15) is 0 Å². The van der Waals surface area contributed by atoms with Crippen LogP contribution in [0.2, 0.25) is 5.02 Å². The van der Waals surface area contributed by atoms with Gasteiger partial charge in [0.15, 0.2) is 0 Å². The molecule has 0 aliphatic rings. The highest BCUT2D eigenvalue weighted by atomic mass is 35.5. The van der Waals surface area contributed by atoms with E-state index in [0.29, 0.717) is 13.1 Å². The number of fused-ring (bicyclic) bond motifs is 1. The minimum atomic E-state index is -0.387. The lowest BCUT2D eigenvalue weighted by Crippen LogP contribution is -2.12. The molecule has 1 N–H and O–H groups in total. The minimum Gasteiger partial charge on any atom is -0.306 e. The molecule has 2 aromatic carbocycles. The summed E-state index contributed by atoms with van der Waals surface area (Å²) in [7, 11) is 0. The lowest BCUT2D eigenvalue weighted by Gasteiger charge is -2.03.